The SMILES string of the molecule is CO[C@H]1CC[C@]2(CC1)Cc1ccc(Br)cc1C2/N=C(/N)N(C=O)Cc1ccccc1. The zero-order valence-corrected chi connectivity index (χ0v) is 18.8. The van der Waals surface area contributed by atoms with E-state index in [2.05, 4.69) is 34.1 Å². The smallest absolute Gasteiger partial charge is 0.216 e. The number of carbonyl (C=O) groups excluding carboxylic acids is 1. The minimum atomic E-state index is -0.0546. The van der Waals surface area contributed by atoms with E-state index in [4.69, 9.17) is 15.5 Å². The van der Waals surface area contributed by atoms with Crippen LogP contribution in [-0.4, -0.2) is 30.5 Å². The van der Waals surface area contributed by atoms with Crippen LogP contribution in [0.2, 0.25) is 0 Å². The van der Waals surface area contributed by atoms with Crippen LogP contribution in [0.3, 0.4) is 0 Å². The van der Waals surface area contributed by atoms with Crippen molar-refractivity contribution >= 4 is 28.3 Å². The van der Waals surface area contributed by atoms with Crippen molar-refractivity contribution in [3.63, 3.8) is 0 Å². The zero-order chi connectivity index (χ0) is 21.1. The molecule has 2 aromatic rings. The van der Waals surface area contributed by atoms with Crippen molar-refractivity contribution in [3.05, 3.63) is 69.7 Å². The lowest BCUT2D eigenvalue weighted by Gasteiger charge is -2.40. The van der Waals surface area contributed by atoms with Crippen LogP contribution in [0.25, 0.3) is 0 Å². The molecule has 0 bridgehead atoms. The van der Waals surface area contributed by atoms with E-state index in [-0.39, 0.29) is 17.4 Å². The highest BCUT2D eigenvalue weighted by atomic mass is 79.9. The Morgan fingerprint density at radius 3 is 2.67 bits per heavy atom. The van der Waals surface area contributed by atoms with E-state index in [1.807, 2.05) is 30.3 Å². The Hall–Kier alpha value is -2.18. The van der Waals surface area contributed by atoms with Crippen molar-refractivity contribution in [2.45, 2.75) is 50.8 Å². The van der Waals surface area contributed by atoms with Gasteiger partial charge >= 0.3 is 0 Å². The fourth-order valence-corrected chi connectivity index (χ4v) is 5.38. The van der Waals surface area contributed by atoms with E-state index in [0.717, 1.165) is 48.6 Å². The third-order valence-electron chi connectivity index (χ3n) is 6.67. The summed E-state index contributed by atoms with van der Waals surface area (Å²) in [6.45, 7) is 0.413. The second-order valence-corrected chi connectivity index (χ2v) is 9.34. The molecule has 4 rings (SSSR count). The van der Waals surface area contributed by atoms with Crippen molar-refractivity contribution in [1.82, 2.24) is 4.90 Å². The molecule has 1 spiro atoms. The first kappa shape index (κ1) is 21.1. The molecule has 0 radical (unpaired) electrons. The standard InChI is InChI=1S/C24H28BrN3O2/c1-30-20-9-11-24(12-10-20)14-18-7-8-19(25)13-21(18)22(24)27-23(26)28(16-29)15-17-5-3-2-4-6-17/h2-8,13,16,20,22H,9-12,14-15H2,1H3,(H2,26,27)/t20-,22?,24-. The van der Waals surface area contributed by atoms with E-state index in [1.54, 1.807) is 7.11 Å². The van der Waals surface area contributed by atoms with Crippen molar-refractivity contribution in [3.8, 4) is 0 Å². The maximum absolute atomic E-state index is 11.8. The van der Waals surface area contributed by atoms with Crippen molar-refractivity contribution in [2.75, 3.05) is 7.11 Å². The third kappa shape index (κ3) is 4.16. The van der Waals surface area contributed by atoms with Crippen molar-refractivity contribution < 1.29 is 9.53 Å². The molecule has 0 saturated heterocycles. The van der Waals surface area contributed by atoms with Gasteiger partial charge in [-0.05, 0) is 60.9 Å². The lowest BCUT2D eigenvalue weighted by Crippen LogP contribution is -2.39. The molecule has 6 heteroatoms. The van der Waals surface area contributed by atoms with Gasteiger partial charge < -0.3 is 10.5 Å². The molecule has 2 aromatic carbocycles. The normalized spacial score (nSPS) is 25.9. The van der Waals surface area contributed by atoms with E-state index >= 15 is 0 Å². The lowest BCUT2D eigenvalue weighted by molar-refractivity contribution is -0.115. The Balaban J connectivity index is 1.66. The molecule has 0 heterocycles. The average molecular weight is 470 g/mol. The Bertz CT molecular complexity index is 923. The van der Waals surface area contributed by atoms with Crippen LogP contribution in [0.15, 0.2) is 58.0 Å². The molecule has 2 N–H and O–H groups in total. The molecule has 1 fully saturated rings. The van der Waals surface area contributed by atoms with E-state index in [0.29, 0.717) is 12.6 Å². The van der Waals surface area contributed by atoms with Gasteiger partial charge in [0.25, 0.3) is 0 Å². The van der Waals surface area contributed by atoms with Crippen LogP contribution in [0.4, 0.5) is 0 Å². The van der Waals surface area contributed by atoms with Gasteiger partial charge in [-0.3, -0.25) is 9.69 Å². The largest absolute Gasteiger partial charge is 0.381 e. The summed E-state index contributed by atoms with van der Waals surface area (Å²) in [6, 6.07) is 16.2. The molecular formula is C24H28BrN3O2. The number of amides is 1. The predicted octanol–water partition coefficient (Wildman–Crippen LogP) is 4.60. The Labute approximate surface area is 186 Å². The number of hydrogen-bond acceptors (Lipinski definition) is 3. The van der Waals surface area contributed by atoms with Crippen LogP contribution < -0.4 is 5.73 Å². The number of ether oxygens (including phenoxy) is 1. The number of guanidine groups is 1. The van der Waals surface area contributed by atoms with Gasteiger partial charge in [-0.1, -0.05) is 52.3 Å². The first-order chi connectivity index (χ1) is 14.5. The molecule has 1 amide bonds. The molecule has 0 aromatic heterocycles. The summed E-state index contributed by atoms with van der Waals surface area (Å²) in [4.78, 5) is 18.3. The van der Waals surface area contributed by atoms with Gasteiger partial charge in [-0.25, -0.2) is 4.99 Å². The van der Waals surface area contributed by atoms with Gasteiger partial charge in [0.05, 0.1) is 18.7 Å². The topological polar surface area (TPSA) is 67.9 Å². The Morgan fingerprint density at radius 2 is 2.00 bits per heavy atom. The molecule has 2 aliphatic rings. The molecule has 158 valence electrons. The fraction of sp³-hybridized carbons (Fsp3) is 0.417. The molecule has 30 heavy (non-hydrogen) atoms. The highest BCUT2D eigenvalue weighted by Crippen LogP contribution is 2.56. The average Bonchev–Trinajstić information content (AvgIpc) is 3.05. The Morgan fingerprint density at radius 1 is 1.27 bits per heavy atom. The summed E-state index contributed by atoms with van der Waals surface area (Å²) in [6.07, 6.45) is 6.22. The van der Waals surface area contributed by atoms with Gasteiger partial charge in [0, 0.05) is 17.0 Å². The molecular weight excluding hydrogens is 442 g/mol. The van der Waals surface area contributed by atoms with Gasteiger partial charge in [-0.2, -0.15) is 0 Å². The first-order valence-electron chi connectivity index (χ1n) is 10.4. The minimum Gasteiger partial charge on any atom is -0.381 e. The number of benzene rings is 2. The Kier molecular flexibility index (Phi) is 6.25. The number of aliphatic imine (C=N–C) groups is 1. The lowest BCUT2D eigenvalue weighted by atomic mass is 9.69. The fourth-order valence-electron chi connectivity index (χ4n) is 5.00. The second kappa shape index (κ2) is 8.90. The van der Waals surface area contributed by atoms with Crippen LogP contribution in [0.5, 0.6) is 0 Å². The van der Waals surface area contributed by atoms with Crippen LogP contribution in [-0.2, 0) is 22.5 Å². The number of halogens is 1. The summed E-state index contributed by atoms with van der Waals surface area (Å²) in [7, 11) is 1.79. The van der Waals surface area contributed by atoms with E-state index in [1.165, 1.54) is 16.0 Å². The van der Waals surface area contributed by atoms with Gasteiger partial charge in [0.1, 0.15) is 0 Å². The minimum absolute atomic E-state index is 0.0318. The summed E-state index contributed by atoms with van der Waals surface area (Å²) in [5, 5.41) is 0. The summed E-state index contributed by atoms with van der Waals surface area (Å²) in [5.74, 6) is 0.278. The van der Waals surface area contributed by atoms with Crippen molar-refractivity contribution in [2.24, 2.45) is 16.1 Å². The zero-order valence-electron chi connectivity index (χ0n) is 17.3. The second-order valence-electron chi connectivity index (χ2n) is 8.43. The number of carbonyl (C=O) groups is 1. The number of fused-ring (bicyclic) bond motifs is 1. The first-order valence-corrected chi connectivity index (χ1v) is 11.2. The molecule has 1 unspecified atom stereocenters. The van der Waals surface area contributed by atoms with Gasteiger partial charge in [0.15, 0.2) is 5.96 Å². The van der Waals surface area contributed by atoms with Crippen LogP contribution >= 0.6 is 15.9 Å². The maximum Gasteiger partial charge on any atom is 0.216 e. The van der Waals surface area contributed by atoms with Gasteiger partial charge in [-0.15, -0.1) is 0 Å². The maximum atomic E-state index is 11.8. The number of hydrogen-bond donors (Lipinski definition) is 1. The highest BCUT2D eigenvalue weighted by Gasteiger charge is 2.48. The number of rotatable bonds is 5. The molecule has 1 atom stereocenters. The highest BCUT2D eigenvalue weighted by molar-refractivity contribution is 9.10. The van der Waals surface area contributed by atoms with Crippen LogP contribution in [0, 0.1) is 5.41 Å². The van der Waals surface area contributed by atoms with E-state index in [9.17, 15) is 4.79 Å². The van der Waals surface area contributed by atoms with Crippen LogP contribution in [0.1, 0.15) is 48.4 Å². The molecule has 2 aliphatic carbocycles. The number of methoxy groups -OCH3 is 1. The molecule has 0 aliphatic heterocycles. The van der Waals surface area contributed by atoms with E-state index < -0.39 is 0 Å². The predicted molar refractivity (Wildman–Crippen MR) is 122 cm³/mol. The monoisotopic (exact) mass is 469 g/mol. The van der Waals surface area contributed by atoms with Crippen molar-refractivity contribution in [1.29, 1.82) is 0 Å². The quantitative estimate of drug-likeness (QED) is 0.395. The molecule has 5 nitrogen and oxygen atoms in total. The number of nitrogens with two attached hydrogens (primary N) is 1. The van der Waals surface area contributed by atoms with Gasteiger partial charge in [0.2, 0.25) is 6.41 Å². The molecule has 1 saturated carbocycles. The number of nitrogens with zero attached hydrogens (tertiary/aromatic N) is 2. The summed E-state index contributed by atoms with van der Waals surface area (Å²) in [5.41, 5.74) is 10.0. The summed E-state index contributed by atoms with van der Waals surface area (Å²) < 4.78 is 6.65. The summed E-state index contributed by atoms with van der Waals surface area (Å²) >= 11 is 3.61. The third-order valence-corrected chi connectivity index (χ3v) is 7.16.